The van der Waals surface area contributed by atoms with Gasteiger partial charge in [0, 0.05) is 11.1 Å². The molecule has 0 aliphatic rings. The molecule has 0 saturated carbocycles. The smallest absolute Gasteiger partial charge is 0.425 e. The van der Waals surface area contributed by atoms with Crippen molar-refractivity contribution < 1.29 is 35.9 Å². The molecule has 1 atom stereocenters. The second kappa shape index (κ2) is 4.80. The van der Waals surface area contributed by atoms with Gasteiger partial charge in [-0.15, -0.1) is 0 Å². The maximum atomic E-state index is 13.3. The van der Waals surface area contributed by atoms with Crippen molar-refractivity contribution in [3.63, 3.8) is 0 Å². The lowest BCUT2D eigenvalue weighted by Gasteiger charge is -2.32. The molecule has 114 valence electrons. The summed E-state index contributed by atoms with van der Waals surface area (Å²) in [5.41, 5.74) is -7.50. The SMILES string of the molecule is OC(c1ccoc1)(c1ccccc1C(F)(F)F)C(F)(F)F. The predicted molar refractivity (Wildman–Crippen MR) is 59.2 cm³/mol. The Hall–Kier alpha value is -1.96. The average Bonchev–Trinajstić information content (AvgIpc) is 2.89. The van der Waals surface area contributed by atoms with E-state index in [1.165, 1.54) is 0 Å². The van der Waals surface area contributed by atoms with E-state index in [1.807, 2.05) is 0 Å². The summed E-state index contributed by atoms with van der Waals surface area (Å²) >= 11 is 0. The first-order valence-electron chi connectivity index (χ1n) is 5.57. The molecule has 1 N–H and O–H groups in total. The fraction of sp³-hybridized carbons (Fsp3) is 0.231. The number of halogens is 6. The van der Waals surface area contributed by atoms with Gasteiger partial charge < -0.3 is 9.52 Å². The van der Waals surface area contributed by atoms with Crippen LogP contribution in [0.5, 0.6) is 0 Å². The Balaban J connectivity index is 2.77. The van der Waals surface area contributed by atoms with E-state index in [1.54, 1.807) is 0 Å². The fourth-order valence-corrected chi connectivity index (χ4v) is 1.99. The van der Waals surface area contributed by atoms with Crippen LogP contribution in [0.3, 0.4) is 0 Å². The lowest BCUT2D eigenvalue weighted by Crippen LogP contribution is -2.44. The van der Waals surface area contributed by atoms with Crippen LogP contribution in [0.2, 0.25) is 0 Å². The van der Waals surface area contributed by atoms with Gasteiger partial charge >= 0.3 is 12.4 Å². The summed E-state index contributed by atoms with van der Waals surface area (Å²) in [6.45, 7) is 0. The van der Waals surface area contributed by atoms with E-state index in [0.717, 1.165) is 24.5 Å². The number of hydrogen-bond acceptors (Lipinski definition) is 2. The summed E-state index contributed by atoms with van der Waals surface area (Å²) in [6.07, 6.45) is -9.01. The van der Waals surface area contributed by atoms with Crippen LogP contribution in [-0.4, -0.2) is 11.3 Å². The molecular weight excluding hydrogens is 302 g/mol. The monoisotopic (exact) mass is 310 g/mol. The number of benzene rings is 1. The Morgan fingerprint density at radius 3 is 1.86 bits per heavy atom. The second-order valence-corrected chi connectivity index (χ2v) is 4.26. The molecule has 2 aromatic rings. The van der Waals surface area contributed by atoms with E-state index in [4.69, 9.17) is 0 Å². The number of hydrogen-bond donors (Lipinski definition) is 1. The molecule has 2 rings (SSSR count). The highest BCUT2D eigenvalue weighted by Crippen LogP contribution is 2.48. The van der Waals surface area contributed by atoms with E-state index in [0.29, 0.717) is 18.4 Å². The van der Waals surface area contributed by atoms with E-state index < -0.39 is 34.6 Å². The highest BCUT2D eigenvalue weighted by Gasteiger charge is 2.59. The molecule has 0 saturated heterocycles. The van der Waals surface area contributed by atoms with Gasteiger partial charge in [0.1, 0.15) is 0 Å². The molecule has 0 radical (unpaired) electrons. The van der Waals surface area contributed by atoms with E-state index in [-0.39, 0.29) is 0 Å². The van der Waals surface area contributed by atoms with Gasteiger partial charge in [-0.2, -0.15) is 26.3 Å². The molecule has 1 aromatic heterocycles. The largest absolute Gasteiger partial charge is 0.472 e. The van der Waals surface area contributed by atoms with Crippen molar-refractivity contribution in [2.24, 2.45) is 0 Å². The van der Waals surface area contributed by atoms with Crippen LogP contribution < -0.4 is 0 Å². The minimum absolute atomic E-state index is 0.478. The number of alkyl halides is 6. The molecule has 0 aliphatic heterocycles. The Bertz CT molecular complexity index is 614. The number of rotatable bonds is 2. The standard InChI is InChI=1S/C13H8F6O2/c14-12(15,16)10-4-2-1-3-9(10)11(20,13(17,18)19)8-5-6-21-7-8/h1-7,20H. The maximum Gasteiger partial charge on any atom is 0.425 e. The minimum atomic E-state index is -5.36. The average molecular weight is 310 g/mol. The number of aliphatic hydroxyl groups is 1. The van der Waals surface area contributed by atoms with E-state index in [9.17, 15) is 31.4 Å². The van der Waals surface area contributed by atoms with E-state index in [2.05, 4.69) is 4.42 Å². The topological polar surface area (TPSA) is 33.4 Å². The Morgan fingerprint density at radius 1 is 0.857 bits per heavy atom. The van der Waals surface area contributed by atoms with Crippen molar-refractivity contribution in [1.29, 1.82) is 0 Å². The molecule has 0 spiro atoms. The Labute approximate surface area is 114 Å². The summed E-state index contributed by atoms with van der Waals surface area (Å²) < 4.78 is 83.0. The summed E-state index contributed by atoms with van der Waals surface area (Å²) in [5.74, 6) is 0. The molecule has 21 heavy (non-hydrogen) atoms. The third-order valence-corrected chi connectivity index (χ3v) is 2.97. The highest BCUT2D eigenvalue weighted by molar-refractivity contribution is 5.42. The van der Waals surface area contributed by atoms with Crippen molar-refractivity contribution in [3.05, 3.63) is 59.5 Å². The quantitative estimate of drug-likeness (QED) is 0.847. The first kappa shape index (κ1) is 15.4. The van der Waals surface area contributed by atoms with Crippen LogP contribution >= 0.6 is 0 Å². The zero-order chi connectivity index (χ0) is 15.9. The lowest BCUT2D eigenvalue weighted by molar-refractivity contribution is -0.250. The van der Waals surface area contributed by atoms with Crippen molar-refractivity contribution in [2.45, 2.75) is 18.0 Å². The van der Waals surface area contributed by atoms with Crippen LogP contribution in [0.15, 0.2) is 47.3 Å². The van der Waals surface area contributed by atoms with Gasteiger partial charge in [-0.1, -0.05) is 18.2 Å². The van der Waals surface area contributed by atoms with Crippen molar-refractivity contribution in [1.82, 2.24) is 0 Å². The zero-order valence-corrected chi connectivity index (χ0v) is 10.2. The molecule has 1 unspecified atom stereocenters. The van der Waals surface area contributed by atoms with Gasteiger partial charge in [0.05, 0.1) is 18.1 Å². The Morgan fingerprint density at radius 2 is 1.43 bits per heavy atom. The van der Waals surface area contributed by atoms with Gasteiger partial charge in [-0.3, -0.25) is 0 Å². The molecule has 8 heteroatoms. The molecule has 1 aromatic carbocycles. The fourth-order valence-electron chi connectivity index (χ4n) is 1.99. The third kappa shape index (κ3) is 2.51. The highest BCUT2D eigenvalue weighted by atomic mass is 19.4. The Kier molecular flexibility index (Phi) is 3.53. The third-order valence-electron chi connectivity index (χ3n) is 2.97. The summed E-state index contributed by atoms with van der Waals surface area (Å²) in [6, 6.07) is 3.76. The maximum absolute atomic E-state index is 13.3. The van der Waals surface area contributed by atoms with Gasteiger partial charge in [0.15, 0.2) is 0 Å². The molecule has 0 aliphatic carbocycles. The van der Waals surface area contributed by atoms with Gasteiger partial charge in [-0.05, 0) is 12.1 Å². The van der Waals surface area contributed by atoms with Gasteiger partial charge in [-0.25, -0.2) is 0 Å². The van der Waals surface area contributed by atoms with Crippen molar-refractivity contribution in [3.8, 4) is 0 Å². The van der Waals surface area contributed by atoms with E-state index >= 15 is 0 Å². The van der Waals surface area contributed by atoms with Crippen molar-refractivity contribution >= 4 is 0 Å². The minimum Gasteiger partial charge on any atom is -0.472 e. The molecular formula is C13H8F6O2. The summed E-state index contributed by atoms with van der Waals surface area (Å²) in [7, 11) is 0. The molecule has 0 bridgehead atoms. The van der Waals surface area contributed by atoms with Crippen LogP contribution in [0, 0.1) is 0 Å². The first-order chi connectivity index (χ1) is 9.58. The predicted octanol–water partition coefficient (Wildman–Crippen LogP) is 4.10. The summed E-state index contributed by atoms with van der Waals surface area (Å²) in [5, 5.41) is 10.0. The van der Waals surface area contributed by atoms with Crippen LogP contribution in [-0.2, 0) is 11.8 Å². The van der Waals surface area contributed by atoms with Gasteiger partial charge in [0.25, 0.3) is 0 Å². The summed E-state index contributed by atoms with van der Waals surface area (Å²) in [4.78, 5) is 0. The van der Waals surface area contributed by atoms with Crippen LogP contribution in [0.25, 0.3) is 0 Å². The van der Waals surface area contributed by atoms with Gasteiger partial charge in [0.2, 0.25) is 5.60 Å². The molecule has 1 heterocycles. The normalized spacial score (nSPS) is 15.8. The van der Waals surface area contributed by atoms with Crippen LogP contribution in [0.4, 0.5) is 26.3 Å². The molecule has 2 nitrogen and oxygen atoms in total. The van der Waals surface area contributed by atoms with Crippen LogP contribution in [0.1, 0.15) is 16.7 Å². The second-order valence-electron chi connectivity index (χ2n) is 4.26. The lowest BCUT2D eigenvalue weighted by atomic mass is 9.84. The molecule has 0 amide bonds. The van der Waals surface area contributed by atoms with Crippen molar-refractivity contribution in [2.75, 3.05) is 0 Å². The number of furan rings is 1. The first-order valence-corrected chi connectivity index (χ1v) is 5.57. The molecule has 0 fully saturated rings. The zero-order valence-electron chi connectivity index (χ0n) is 10.2.